The molecule has 3 aromatic rings. The third-order valence-electron chi connectivity index (χ3n) is 3.07. The molecule has 0 aliphatic heterocycles. The lowest BCUT2D eigenvalue weighted by molar-refractivity contribution is 0.347. The van der Waals surface area contributed by atoms with Gasteiger partial charge < -0.3 is 9.84 Å². The maximum Gasteiger partial charge on any atom is 0.243 e. The summed E-state index contributed by atoms with van der Waals surface area (Å²) in [7, 11) is 1.85. The van der Waals surface area contributed by atoms with E-state index in [0.29, 0.717) is 11.7 Å². The summed E-state index contributed by atoms with van der Waals surface area (Å²) in [4.78, 5) is 8.89. The number of rotatable bonds is 3. The van der Waals surface area contributed by atoms with Crippen molar-refractivity contribution in [3.05, 3.63) is 42.3 Å². The Morgan fingerprint density at radius 2 is 1.95 bits per heavy atom. The Balaban J connectivity index is 2.01. The molecule has 1 unspecified atom stereocenters. The molecule has 96 valence electrons. The van der Waals surface area contributed by atoms with E-state index in [0.717, 1.165) is 16.6 Å². The highest BCUT2D eigenvalue weighted by Gasteiger charge is 2.14. The Labute approximate surface area is 110 Å². The van der Waals surface area contributed by atoms with Crippen LogP contribution in [0.15, 0.2) is 40.9 Å². The molecule has 1 atom stereocenters. The Kier molecular flexibility index (Phi) is 2.97. The number of benzene rings is 1. The van der Waals surface area contributed by atoms with E-state index < -0.39 is 0 Å². The van der Waals surface area contributed by atoms with Gasteiger partial charge in [0.15, 0.2) is 0 Å². The number of aromatic nitrogens is 3. The molecule has 5 nitrogen and oxygen atoms in total. The van der Waals surface area contributed by atoms with Gasteiger partial charge in [-0.1, -0.05) is 29.4 Å². The fourth-order valence-electron chi connectivity index (χ4n) is 1.83. The summed E-state index contributed by atoms with van der Waals surface area (Å²) in [6, 6.07) is 11.9. The third kappa shape index (κ3) is 2.20. The fraction of sp³-hybridized carbons (Fsp3) is 0.214. The molecule has 2 heterocycles. The molecule has 0 saturated heterocycles. The predicted octanol–water partition coefficient (Wildman–Crippen LogP) is 2.57. The van der Waals surface area contributed by atoms with Crippen LogP contribution in [0.4, 0.5) is 0 Å². The molecule has 2 aromatic heterocycles. The van der Waals surface area contributed by atoms with Crippen LogP contribution in [0.1, 0.15) is 18.9 Å². The van der Waals surface area contributed by atoms with Gasteiger partial charge in [0.1, 0.15) is 5.69 Å². The zero-order chi connectivity index (χ0) is 13.2. The summed E-state index contributed by atoms with van der Waals surface area (Å²) >= 11 is 0. The van der Waals surface area contributed by atoms with Crippen LogP contribution in [-0.2, 0) is 0 Å². The summed E-state index contributed by atoms with van der Waals surface area (Å²) in [5.74, 6) is 1.08. The van der Waals surface area contributed by atoms with Gasteiger partial charge in [0, 0.05) is 5.39 Å². The van der Waals surface area contributed by atoms with E-state index in [1.165, 1.54) is 0 Å². The van der Waals surface area contributed by atoms with Crippen molar-refractivity contribution in [2.75, 3.05) is 7.05 Å². The van der Waals surface area contributed by atoms with Crippen molar-refractivity contribution in [2.45, 2.75) is 13.0 Å². The van der Waals surface area contributed by atoms with Crippen LogP contribution in [0.5, 0.6) is 0 Å². The lowest BCUT2D eigenvalue weighted by atomic mass is 10.2. The van der Waals surface area contributed by atoms with E-state index in [-0.39, 0.29) is 6.04 Å². The number of nitrogens with zero attached hydrogens (tertiary/aromatic N) is 3. The molecule has 0 saturated carbocycles. The summed E-state index contributed by atoms with van der Waals surface area (Å²) in [5, 5.41) is 8.13. The van der Waals surface area contributed by atoms with Gasteiger partial charge in [-0.15, -0.1) is 0 Å². The van der Waals surface area contributed by atoms with Crippen LogP contribution in [0.25, 0.3) is 22.4 Å². The van der Waals surface area contributed by atoms with Gasteiger partial charge in [-0.05, 0) is 26.1 Å². The first-order chi connectivity index (χ1) is 9.28. The lowest BCUT2D eigenvalue weighted by Gasteiger charge is -2.01. The summed E-state index contributed by atoms with van der Waals surface area (Å²) < 4.78 is 5.22. The number of nitrogens with one attached hydrogen (secondary N) is 1. The minimum Gasteiger partial charge on any atom is -0.337 e. The van der Waals surface area contributed by atoms with Crippen molar-refractivity contribution in [3.8, 4) is 11.5 Å². The van der Waals surface area contributed by atoms with Crippen LogP contribution in [0.3, 0.4) is 0 Å². The van der Waals surface area contributed by atoms with Crippen molar-refractivity contribution in [1.29, 1.82) is 0 Å². The van der Waals surface area contributed by atoms with Crippen LogP contribution >= 0.6 is 0 Å². The molecule has 19 heavy (non-hydrogen) atoms. The molecule has 0 radical (unpaired) electrons. The van der Waals surface area contributed by atoms with E-state index in [4.69, 9.17) is 4.52 Å². The topological polar surface area (TPSA) is 63.8 Å². The van der Waals surface area contributed by atoms with Crippen LogP contribution < -0.4 is 5.32 Å². The van der Waals surface area contributed by atoms with Gasteiger partial charge in [-0.25, -0.2) is 4.98 Å². The predicted molar refractivity (Wildman–Crippen MR) is 72.5 cm³/mol. The van der Waals surface area contributed by atoms with Gasteiger partial charge in [0.25, 0.3) is 0 Å². The highest BCUT2D eigenvalue weighted by molar-refractivity contribution is 5.80. The Morgan fingerprint density at radius 1 is 1.11 bits per heavy atom. The summed E-state index contributed by atoms with van der Waals surface area (Å²) in [6.45, 7) is 1.96. The molecule has 0 aliphatic rings. The average Bonchev–Trinajstić information content (AvgIpc) is 2.95. The number of fused-ring (bicyclic) bond motifs is 1. The maximum atomic E-state index is 5.22. The molecule has 3 rings (SSSR count). The zero-order valence-corrected chi connectivity index (χ0v) is 10.8. The van der Waals surface area contributed by atoms with Crippen molar-refractivity contribution in [1.82, 2.24) is 20.4 Å². The van der Waals surface area contributed by atoms with E-state index in [2.05, 4.69) is 20.4 Å². The minimum atomic E-state index is 0.0294. The summed E-state index contributed by atoms with van der Waals surface area (Å²) in [5.41, 5.74) is 1.64. The number of para-hydroxylation sites is 1. The number of hydrogen-bond acceptors (Lipinski definition) is 5. The first-order valence-corrected chi connectivity index (χ1v) is 6.15. The fourth-order valence-corrected chi connectivity index (χ4v) is 1.83. The Hall–Kier alpha value is -2.27. The van der Waals surface area contributed by atoms with Crippen LogP contribution in [0.2, 0.25) is 0 Å². The van der Waals surface area contributed by atoms with Gasteiger partial charge in [0.2, 0.25) is 11.7 Å². The molecule has 5 heteroatoms. The second-order valence-electron chi connectivity index (χ2n) is 4.36. The van der Waals surface area contributed by atoms with Gasteiger partial charge >= 0.3 is 0 Å². The van der Waals surface area contributed by atoms with Crippen molar-refractivity contribution in [2.24, 2.45) is 0 Å². The van der Waals surface area contributed by atoms with E-state index >= 15 is 0 Å². The largest absolute Gasteiger partial charge is 0.337 e. The smallest absolute Gasteiger partial charge is 0.243 e. The van der Waals surface area contributed by atoms with Crippen molar-refractivity contribution >= 4 is 10.9 Å². The average molecular weight is 254 g/mol. The molecule has 1 aromatic carbocycles. The molecule has 0 spiro atoms. The normalized spacial score (nSPS) is 12.7. The Bertz CT molecular complexity index is 707. The molecular formula is C14H14N4O. The van der Waals surface area contributed by atoms with Gasteiger partial charge in [-0.3, -0.25) is 0 Å². The van der Waals surface area contributed by atoms with Crippen molar-refractivity contribution in [3.63, 3.8) is 0 Å². The van der Waals surface area contributed by atoms with Crippen LogP contribution in [-0.4, -0.2) is 22.2 Å². The molecule has 0 amide bonds. The SMILES string of the molecule is CNC(C)c1nc(-c2ccc3ccccc3n2)no1. The molecular weight excluding hydrogens is 240 g/mol. The zero-order valence-electron chi connectivity index (χ0n) is 10.8. The van der Waals surface area contributed by atoms with E-state index in [9.17, 15) is 0 Å². The maximum absolute atomic E-state index is 5.22. The van der Waals surface area contributed by atoms with E-state index in [1.54, 1.807) is 0 Å². The number of pyridine rings is 1. The third-order valence-corrected chi connectivity index (χ3v) is 3.07. The second kappa shape index (κ2) is 4.78. The molecule has 0 aliphatic carbocycles. The van der Waals surface area contributed by atoms with Gasteiger partial charge in [0.05, 0.1) is 11.6 Å². The molecule has 0 fully saturated rings. The summed E-state index contributed by atoms with van der Waals surface area (Å²) in [6.07, 6.45) is 0. The van der Waals surface area contributed by atoms with Gasteiger partial charge in [-0.2, -0.15) is 4.98 Å². The van der Waals surface area contributed by atoms with E-state index in [1.807, 2.05) is 50.4 Å². The molecule has 1 N–H and O–H groups in total. The van der Waals surface area contributed by atoms with Crippen molar-refractivity contribution < 1.29 is 4.52 Å². The highest BCUT2D eigenvalue weighted by atomic mass is 16.5. The second-order valence-corrected chi connectivity index (χ2v) is 4.36. The first-order valence-electron chi connectivity index (χ1n) is 6.15. The number of hydrogen-bond donors (Lipinski definition) is 1. The monoisotopic (exact) mass is 254 g/mol. The minimum absolute atomic E-state index is 0.0294. The Morgan fingerprint density at radius 3 is 2.79 bits per heavy atom. The first kappa shape index (κ1) is 11.8. The standard InChI is InChI=1S/C14H14N4O/c1-9(15-2)14-17-13(18-19-14)12-8-7-10-5-3-4-6-11(10)16-12/h3-9,15H,1-2H3. The highest BCUT2D eigenvalue weighted by Crippen LogP contribution is 2.20. The lowest BCUT2D eigenvalue weighted by Crippen LogP contribution is -2.12. The van der Waals surface area contributed by atoms with Crippen LogP contribution in [0, 0.1) is 0 Å². The quantitative estimate of drug-likeness (QED) is 0.778. The molecule has 0 bridgehead atoms.